The number of carboxylic acids is 1. The second kappa shape index (κ2) is 3.21. The van der Waals surface area contributed by atoms with Gasteiger partial charge < -0.3 is 10.4 Å². The topological polar surface area (TPSA) is 49.3 Å². The van der Waals surface area contributed by atoms with Crippen LogP contribution in [0.3, 0.4) is 0 Å². The molecule has 0 amide bonds. The molecule has 0 aromatic heterocycles. The Balaban J connectivity index is 3.69. The number of rotatable bonds is 3. The fourth-order valence-corrected chi connectivity index (χ4v) is 0.342. The van der Waals surface area contributed by atoms with E-state index < -0.39 is 12.0 Å². The molecule has 0 heterocycles. The zero-order chi connectivity index (χ0) is 6.57. The van der Waals surface area contributed by atoms with E-state index in [0.717, 1.165) is 0 Å². The molecule has 46 valence electrons. The Kier molecular flexibility index (Phi) is 2.88. The van der Waals surface area contributed by atoms with E-state index >= 15 is 0 Å². The molecule has 0 radical (unpaired) electrons. The summed E-state index contributed by atoms with van der Waals surface area (Å²) in [5.74, 6) is -0.900. The summed E-state index contributed by atoms with van der Waals surface area (Å²) >= 11 is 0. The number of carboxylic acid groups (broad SMARTS) is 1. The molecule has 0 aliphatic rings. The maximum absolute atomic E-state index is 10.0. The predicted molar refractivity (Wildman–Crippen MR) is 30.7 cm³/mol. The molecule has 1 unspecified atom stereocenters. The number of carbonyl (C=O) groups is 1. The summed E-state index contributed by atoms with van der Waals surface area (Å²) < 4.78 is 0. The van der Waals surface area contributed by atoms with Gasteiger partial charge >= 0.3 is 5.97 Å². The van der Waals surface area contributed by atoms with Crippen molar-refractivity contribution in [2.24, 2.45) is 0 Å². The third-order valence-corrected chi connectivity index (χ3v) is 0.813. The van der Waals surface area contributed by atoms with E-state index in [1.54, 1.807) is 7.05 Å². The molecule has 0 aliphatic heterocycles. The van der Waals surface area contributed by atoms with Gasteiger partial charge in [-0.1, -0.05) is 6.08 Å². The van der Waals surface area contributed by atoms with Gasteiger partial charge in [0.25, 0.3) is 0 Å². The van der Waals surface area contributed by atoms with Crippen LogP contribution in [0.25, 0.3) is 0 Å². The lowest BCUT2D eigenvalue weighted by atomic mass is 10.3. The Bertz CT molecular complexity index is 101. The molecular weight excluding hydrogens is 106 g/mol. The fourth-order valence-electron chi connectivity index (χ4n) is 0.342. The maximum Gasteiger partial charge on any atom is 0.324 e. The molecule has 0 saturated heterocycles. The predicted octanol–water partition coefficient (Wildman–Crippen LogP) is -0.155. The van der Waals surface area contributed by atoms with Crippen LogP contribution in [-0.4, -0.2) is 24.2 Å². The van der Waals surface area contributed by atoms with Crippen LogP contribution in [-0.2, 0) is 4.79 Å². The van der Waals surface area contributed by atoms with Crippen LogP contribution >= 0.6 is 0 Å². The molecule has 2 N–H and O–H groups in total. The van der Waals surface area contributed by atoms with Crippen LogP contribution in [0.4, 0.5) is 0 Å². The van der Waals surface area contributed by atoms with Crippen LogP contribution in [0.15, 0.2) is 12.7 Å². The average molecular weight is 115 g/mol. The van der Waals surface area contributed by atoms with Crippen LogP contribution in [0.2, 0.25) is 0 Å². The summed E-state index contributed by atoms with van der Waals surface area (Å²) in [4.78, 5) is 10.0. The molecule has 0 aromatic carbocycles. The molecule has 0 bridgehead atoms. The quantitative estimate of drug-likeness (QED) is 0.503. The Morgan fingerprint density at radius 2 is 2.50 bits per heavy atom. The van der Waals surface area contributed by atoms with Crippen molar-refractivity contribution < 1.29 is 9.90 Å². The lowest BCUT2D eigenvalue weighted by Gasteiger charge is -2.01. The molecule has 0 rings (SSSR count). The van der Waals surface area contributed by atoms with Crippen molar-refractivity contribution in [1.82, 2.24) is 5.32 Å². The molecule has 8 heavy (non-hydrogen) atoms. The number of nitrogens with one attached hydrogen (secondary N) is 1. The van der Waals surface area contributed by atoms with Crippen LogP contribution in [0, 0.1) is 0 Å². The lowest BCUT2D eigenvalue weighted by molar-refractivity contribution is -0.138. The molecule has 1 atom stereocenters. The van der Waals surface area contributed by atoms with E-state index in [9.17, 15) is 4.79 Å². The van der Waals surface area contributed by atoms with E-state index in [4.69, 9.17) is 5.11 Å². The van der Waals surface area contributed by atoms with Crippen molar-refractivity contribution in [3.8, 4) is 0 Å². The minimum atomic E-state index is -0.900. The molecule has 0 aliphatic carbocycles. The summed E-state index contributed by atoms with van der Waals surface area (Å²) in [5, 5.41) is 10.8. The van der Waals surface area contributed by atoms with E-state index in [1.807, 2.05) is 0 Å². The van der Waals surface area contributed by atoms with Gasteiger partial charge in [0, 0.05) is 0 Å². The van der Waals surface area contributed by atoms with Crippen LogP contribution in [0.5, 0.6) is 0 Å². The first kappa shape index (κ1) is 7.17. The largest absolute Gasteiger partial charge is 0.480 e. The maximum atomic E-state index is 10.0. The van der Waals surface area contributed by atoms with Gasteiger partial charge in [-0.2, -0.15) is 0 Å². The second-order valence-electron chi connectivity index (χ2n) is 1.34. The Labute approximate surface area is 48.0 Å². The highest BCUT2D eigenvalue weighted by Gasteiger charge is 2.07. The lowest BCUT2D eigenvalue weighted by Crippen LogP contribution is -2.31. The smallest absolute Gasteiger partial charge is 0.324 e. The summed E-state index contributed by atoms with van der Waals surface area (Å²) in [5.41, 5.74) is 0. The molecule has 0 spiro atoms. The van der Waals surface area contributed by atoms with Crippen molar-refractivity contribution in [2.45, 2.75) is 6.04 Å². The summed E-state index contributed by atoms with van der Waals surface area (Å²) in [6, 6.07) is -0.616. The highest BCUT2D eigenvalue weighted by atomic mass is 16.4. The molecular formula is C5H9NO2. The summed E-state index contributed by atoms with van der Waals surface area (Å²) in [6.07, 6.45) is 1.34. The van der Waals surface area contributed by atoms with Gasteiger partial charge in [-0.25, -0.2) is 0 Å². The van der Waals surface area contributed by atoms with Crippen molar-refractivity contribution in [3.05, 3.63) is 12.7 Å². The van der Waals surface area contributed by atoms with Gasteiger partial charge in [0.1, 0.15) is 6.04 Å². The molecule has 0 fully saturated rings. The van der Waals surface area contributed by atoms with Crippen LogP contribution < -0.4 is 5.32 Å². The minimum Gasteiger partial charge on any atom is -0.480 e. The zero-order valence-corrected chi connectivity index (χ0v) is 4.72. The van der Waals surface area contributed by atoms with E-state index in [0.29, 0.717) is 0 Å². The van der Waals surface area contributed by atoms with Gasteiger partial charge in [0.15, 0.2) is 0 Å². The van der Waals surface area contributed by atoms with E-state index in [-0.39, 0.29) is 0 Å². The zero-order valence-electron chi connectivity index (χ0n) is 4.72. The molecule has 0 aromatic rings. The minimum absolute atomic E-state index is 0.616. The number of aliphatic carboxylic acids is 1. The number of hydrogen-bond acceptors (Lipinski definition) is 2. The van der Waals surface area contributed by atoms with Gasteiger partial charge in [0.05, 0.1) is 0 Å². The van der Waals surface area contributed by atoms with E-state index in [1.165, 1.54) is 6.08 Å². The second-order valence-corrected chi connectivity index (χ2v) is 1.34. The fraction of sp³-hybridized carbons (Fsp3) is 0.400. The Morgan fingerprint density at radius 3 is 2.50 bits per heavy atom. The summed E-state index contributed by atoms with van der Waals surface area (Å²) in [6.45, 7) is 3.31. The van der Waals surface area contributed by atoms with Crippen LogP contribution in [0.1, 0.15) is 0 Å². The Hall–Kier alpha value is -0.830. The van der Waals surface area contributed by atoms with Gasteiger partial charge in [-0.05, 0) is 7.05 Å². The van der Waals surface area contributed by atoms with Gasteiger partial charge in [-0.15, -0.1) is 6.58 Å². The molecule has 3 heteroatoms. The standard InChI is InChI=1S/C5H9NO2/c1-3-4(6-2)5(7)8/h3-4,6H,1H2,2H3,(H,7,8). The van der Waals surface area contributed by atoms with Gasteiger partial charge in [-0.3, -0.25) is 4.79 Å². The highest BCUT2D eigenvalue weighted by Crippen LogP contribution is 1.80. The third-order valence-electron chi connectivity index (χ3n) is 0.813. The normalized spacial score (nSPS) is 12.6. The highest BCUT2D eigenvalue weighted by molar-refractivity contribution is 5.75. The van der Waals surface area contributed by atoms with E-state index in [2.05, 4.69) is 11.9 Å². The first-order valence-corrected chi connectivity index (χ1v) is 2.25. The average Bonchev–Trinajstić information content (AvgIpc) is 1.69. The van der Waals surface area contributed by atoms with Crippen molar-refractivity contribution in [3.63, 3.8) is 0 Å². The summed E-state index contributed by atoms with van der Waals surface area (Å²) in [7, 11) is 1.57. The van der Waals surface area contributed by atoms with Crippen molar-refractivity contribution >= 4 is 5.97 Å². The first-order chi connectivity index (χ1) is 3.72. The molecule has 3 nitrogen and oxygen atoms in total. The monoisotopic (exact) mass is 115 g/mol. The third kappa shape index (κ3) is 1.75. The Morgan fingerprint density at radius 1 is 2.00 bits per heavy atom. The van der Waals surface area contributed by atoms with Crippen molar-refractivity contribution in [2.75, 3.05) is 7.05 Å². The molecule has 0 saturated carbocycles. The van der Waals surface area contributed by atoms with Gasteiger partial charge in [0.2, 0.25) is 0 Å². The van der Waals surface area contributed by atoms with Crippen molar-refractivity contribution in [1.29, 1.82) is 0 Å². The number of hydrogen-bond donors (Lipinski definition) is 2. The number of likely N-dealkylation sites (N-methyl/N-ethyl adjacent to an activating group) is 1. The SMILES string of the molecule is C=CC(NC)C(=O)O. The first-order valence-electron chi connectivity index (χ1n) is 2.25.